The molecule has 7 heteroatoms. The number of Topliss-reactive ketones (excluding diaryl/α,β-unsaturated/α-hetero) is 1. The lowest BCUT2D eigenvalue weighted by Gasteiger charge is -2.09. The van der Waals surface area contributed by atoms with Crippen molar-refractivity contribution >= 4 is 11.5 Å². The molecule has 2 rings (SSSR count). The van der Waals surface area contributed by atoms with Crippen LogP contribution < -0.4 is 10.1 Å². The maximum absolute atomic E-state index is 13.7. The topological polar surface area (TPSA) is 33.0 Å². The maximum Gasteiger partial charge on any atom is 0.199 e. The Balaban J connectivity index is 2.58. The molecule has 0 saturated heterocycles. The smallest absolute Gasteiger partial charge is 0.199 e. The fraction of sp³-hybridized carbons (Fsp3) is 0.0769. The summed E-state index contributed by atoms with van der Waals surface area (Å²) < 4.78 is 55.8. The number of hydrogen-bond acceptors (Lipinski definition) is 2. The van der Waals surface area contributed by atoms with Gasteiger partial charge in [-0.2, -0.15) is 5.43 Å². The first kappa shape index (κ1) is 14.0. The van der Waals surface area contributed by atoms with E-state index in [2.05, 4.69) is 5.43 Å². The average Bonchev–Trinajstić information content (AvgIpc) is 2.42. The number of halogens is 4. The molecule has 0 radical (unpaired) electrons. The summed E-state index contributed by atoms with van der Waals surface area (Å²) in [5, 5.41) is 0. The molecule has 0 unspecified atom stereocenters. The van der Waals surface area contributed by atoms with E-state index in [0.717, 1.165) is 11.6 Å². The van der Waals surface area contributed by atoms with Gasteiger partial charge in [-0.3, -0.25) is 4.79 Å². The van der Waals surface area contributed by atoms with E-state index in [1.165, 1.54) is 12.4 Å². The summed E-state index contributed by atoms with van der Waals surface area (Å²) in [4.78, 5) is 11.0. The molecule has 0 spiro atoms. The predicted octanol–water partition coefficient (Wildman–Crippen LogP) is 2.61. The number of pyridine rings is 1. The second-order valence-electron chi connectivity index (χ2n) is 3.96. The SMILES string of the molecule is CC(=O)c1c(F)c(F)c(N[n+]2ccccc2)c(F)c1F. The fourth-order valence-corrected chi connectivity index (χ4v) is 1.64. The minimum absolute atomic E-state index is 0.819. The van der Waals surface area contributed by atoms with Crippen LogP contribution in [-0.2, 0) is 0 Å². The van der Waals surface area contributed by atoms with E-state index in [1.807, 2.05) is 0 Å². The number of anilines is 1. The van der Waals surface area contributed by atoms with Gasteiger partial charge in [0.1, 0.15) is 0 Å². The third-order valence-corrected chi connectivity index (χ3v) is 2.57. The number of ketones is 1. The summed E-state index contributed by atoms with van der Waals surface area (Å²) in [6.45, 7) is 0.819. The quantitative estimate of drug-likeness (QED) is 0.407. The highest BCUT2D eigenvalue weighted by Crippen LogP contribution is 2.27. The normalized spacial score (nSPS) is 10.4. The highest BCUT2D eigenvalue weighted by Gasteiger charge is 2.29. The van der Waals surface area contributed by atoms with E-state index in [9.17, 15) is 22.4 Å². The molecule has 1 aromatic heterocycles. The van der Waals surface area contributed by atoms with Crippen LogP contribution in [0.4, 0.5) is 23.2 Å². The van der Waals surface area contributed by atoms with Gasteiger partial charge in [0.2, 0.25) is 0 Å². The number of carbonyl (C=O) groups excluding carboxylic acids is 1. The van der Waals surface area contributed by atoms with Crippen LogP contribution in [0.25, 0.3) is 0 Å². The molecule has 0 aliphatic heterocycles. The van der Waals surface area contributed by atoms with Crippen LogP contribution in [0.5, 0.6) is 0 Å². The maximum atomic E-state index is 13.7. The molecule has 20 heavy (non-hydrogen) atoms. The van der Waals surface area contributed by atoms with Gasteiger partial charge < -0.3 is 0 Å². The summed E-state index contributed by atoms with van der Waals surface area (Å²) in [5.41, 5.74) is -0.0819. The molecule has 0 aliphatic carbocycles. The molecular weight excluding hydrogens is 276 g/mol. The number of hydrogen-bond donors (Lipinski definition) is 1. The van der Waals surface area contributed by atoms with Crippen LogP contribution in [-0.4, -0.2) is 5.78 Å². The third-order valence-electron chi connectivity index (χ3n) is 2.57. The zero-order valence-electron chi connectivity index (χ0n) is 10.3. The lowest BCUT2D eigenvalue weighted by Crippen LogP contribution is -2.42. The van der Waals surface area contributed by atoms with Gasteiger partial charge in [-0.05, 0) is 6.92 Å². The number of nitrogens with zero attached hydrogens (tertiary/aromatic N) is 1. The van der Waals surface area contributed by atoms with Crippen molar-refractivity contribution in [1.82, 2.24) is 0 Å². The number of benzene rings is 1. The number of nitrogens with one attached hydrogen (secondary N) is 1. The van der Waals surface area contributed by atoms with Crippen LogP contribution >= 0.6 is 0 Å². The standard InChI is InChI=1S/C13H8F4N2O/c1-7(20)8-9(14)11(16)13(12(17)10(8)15)18-19-5-3-2-4-6-19/h2-6H,1H3/p+1. The number of aromatic nitrogens is 1. The van der Waals surface area contributed by atoms with Gasteiger partial charge in [0.05, 0.1) is 5.56 Å². The summed E-state index contributed by atoms with van der Waals surface area (Å²) in [5.74, 6) is -7.88. The lowest BCUT2D eigenvalue weighted by molar-refractivity contribution is -0.643. The van der Waals surface area contributed by atoms with Crippen LogP contribution in [0.2, 0.25) is 0 Å². The highest BCUT2D eigenvalue weighted by atomic mass is 19.2. The molecular formula is C13H9F4N2O+. The van der Waals surface area contributed by atoms with Crippen molar-refractivity contribution in [2.75, 3.05) is 5.43 Å². The van der Waals surface area contributed by atoms with Crippen molar-refractivity contribution in [2.45, 2.75) is 6.92 Å². The minimum Gasteiger partial charge on any atom is -0.294 e. The Morgan fingerprint density at radius 3 is 1.90 bits per heavy atom. The van der Waals surface area contributed by atoms with Crippen LogP contribution in [0.3, 0.4) is 0 Å². The van der Waals surface area contributed by atoms with Crippen molar-refractivity contribution in [3.05, 3.63) is 59.4 Å². The molecule has 0 aliphatic rings. The van der Waals surface area contributed by atoms with E-state index >= 15 is 0 Å². The second-order valence-corrected chi connectivity index (χ2v) is 3.96. The lowest BCUT2D eigenvalue weighted by atomic mass is 10.1. The van der Waals surface area contributed by atoms with Gasteiger partial charge in [-0.1, -0.05) is 10.7 Å². The molecule has 104 valence electrons. The number of carbonyl (C=O) groups is 1. The van der Waals surface area contributed by atoms with Crippen molar-refractivity contribution in [3.63, 3.8) is 0 Å². The highest BCUT2D eigenvalue weighted by molar-refractivity contribution is 5.95. The Kier molecular flexibility index (Phi) is 3.69. The fourth-order valence-electron chi connectivity index (χ4n) is 1.64. The van der Waals surface area contributed by atoms with Gasteiger partial charge in [0.15, 0.2) is 47.1 Å². The second kappa shape index (κ2) is 5.28. The van der Waals surface area contributed by atoms with Gasteiger partial charge in [0, 0.05) is 12.1 Å². The van der Waals surface area contributed by atoms with E-state index in [0.29, 0.717) is 0 Å². The van der Waals surface area contributed by atoms with E-state index in [1.54, 1.807) is 18.2 Å². The van der Waals surface area contributed by atoms with Crippen LogP contribution in [0.1, 0.15) is 17.3 Å². The summed E-state index contributed by atoms with van der Waals surface area (Å²) in [7, 11) is 0. The molecule has 2 aromatic rings. The van der Waals surface area contributed by atoms with Gasteiger partial charge in [-0.15, -0.1) is 0 Å². The summed E-state index contributed by atoms with van der Waals surface area (Å²) in [6, 6.07) is 4.73. The Bertz CT molecular complexity index is 645. The Hall–Kier alpha value is -2.44. The first-order valence-electron chi connectivity index (χ1n) is 5.53. The Labute approximate surface area is 111 Å². The molecule has 3 nitrogen and oxygen atoms in total. The van der Waals surface area contributed by atoms with Crippen molar-refractivity contribution < 1.29 is 27.0 Å². The molecule has 0 fully saturated rings. The van der Waals surface area contributed by atoms with Gasteiger partial charge >= 0.3 is 0 Å². The summed E-state index contributed by atoms with van der Waals surface area (Å²) in [6.07, 6.45) is 2.77. The van der Waals surface area contributed by atoms with E-state index in [-0.39, 0.29) is 0 Å². The third kappa shape index (κ3) is 2.34. The predicted molar refractivity (Wildman–Crippen MR) is 61.9 cm³/mol. The summed E-state index contributed by atoms with van der Waals surface area (Å²) >= 11 is 0. The van der Waals surface area contributed by atoms with E-state index in [4.69, 9.17) is 0 Å². The largest absolute Gasteiger partial charge is 0.294 e. The molecule has 0 saturated carbocycles. The molecule has 0 amide bonds. The van der Waals surface area contributed by atoms with Gasteiger partial charge in [-0.25, -0.2) is 17.6 Å². The molecule has 0 atom stereocenters. The zero-order valence-corrected chi connectivity index (χ0v) is 10.3. The first-order valence-corrected chi connectivity index (χ1v) is 5.53. The molecule has 1 aromatic carbocycles. The van der Waals surface area contributed by atoms with Crippen molar-refractivity contribution in [2.24, 2.45) is 0 Å². The monoisotopic (exact) mass is 285 g/mol. The Morgan fingerprint density at radius 2 is 1.45 bits per heavy atom. The molecule has 1 N–H and O–H groups in total. The van der Waals surface area contributed by atoms with Crippen LogP contribution in [0, 0.1) is 23.3 Å². The first-order chi connectivity index (χ1) is 9.43. The number of rotatable bonds is 3. The van der Waals surface area contributed by atoms with Crippen molar-refractivity contribution in [1.29, 1.82) is 0 Å². The minimum atomic E-state index is -1.73. The van der Waals surface area contributed by atoms with Crippen LogP contribution in [0.15, 0.2) is 30.6 Å². The molecule has 1 heterocycles. The molecule has 0 bridgehead atoms. The van der Waals surface area contributed by atoms with E-state index < -0.39 is 40.3 Å². The Morgan fingerprint density at radius 1 is 0.950 bits per heavy atom. The van der Waals surface area contributed by atoms with Crippen molar-refractivity contribution in [3.8, 4) is 0 Å². The van der Waals surface area contributed by atoms with Gasteiger partial charge in [0.25, 0.3) is 0 Å². The average molecular weight is 285 g/mol. The zero-order chi connectivity index (χ0) is 14.9.